The summed E-state index contributed by atoms with van der Waals surface area (Å²) in [6, 6.07) is 4.55. The van der Waals surface area contributed by atoms with Gasteiger partial charge in [0.25, 0.3) is 0 Å². The fourth-order valence-corrected chi connectivity index (χ4v) is 6.26. The van der Waals surface area contributed by atoms with Gasteiger partial charge in [0.2, 0.25) is 0 Å². The van der Waals surface area contributed by atoms with Crippen LogP contribution in [0.2, 0.25) is 0 Å². The molecule has 0 amide bonds. The molecule has 4 nitrogen and oxygen atoms in total. The van der Waals surface area contributed by atoms with Crippen LogP contribution in [0, 0.1) is 11.8 Å². The molecule has 2 aliphatic heterocycles. The number of hydrogen-bond donors (Lipinski definition) is 1. The quantitative estimate of drug-likeness (QED) is 0.919. The van der Waals surface area contributed by atoms with Gasteiger partial charge in [0.1, 0.15) is 5.76 Å². The van der Waals surface area contributed by atoms with E-state index in [4.69, 9.17) is 9.47 Å². The molecule has 1 saturated heterocycles. The first kappa shape index (κ1) is 14.5. The van der Waals surface area contributed by atoms with Gasteiger partial charge < -0.3 is 14.6 Å². The van der Waals surface area contributed by atoms with E-state index in [-0.39, 0.29) is 17.3 Å². The topological polar surface area (TPSA) is 41.9 Å². The van der Waals surface area contributed by atoms with Gasteiger partial charge in [-0.2, -0.15) is 0 Å². The van der Waals surface area contributed by atoms with Crippen molar-refractivity contribution in [2.45, 2.75) is 49.7 Å². The van der Waals surface area contributed by atoms with Gasteiger partial charge in [-0.15, -0.1) is 0 Å². The lowest BCUT2D eigenvalue weighted by molar-refractivity contribution is -0.0376. The summed E-state index contributed by atoms with van der Waals surface area (Å²) in [7, 11) is 1.75. The van der Waals surface area contributed by atoms with E-state index in [1.165, 1.54) is 30.5 Å². The SMILES string of the molecule is COC1=CCC2[C@H]3Cc4ccc(O)c5c4[C@@]2(CCN3CC2CC2)[C@H]1O5. The van der Waals surface area contributed by atoms with E-state index in [2.05, 4.69) is 17.0 Å². The predicted molar refractivity (Wildman–Crippen MR) is 93.8 cm³/mol. The zero-order valence-corrected chi connectivity index (χ0v) is 14.7. The molecular formula is C21H25NO3. The second-order valence-corrected chi connectivity index (χ2v) is 8.60. The Morgan fingerprint density at radius 3 is 3.04 bits per heavy atom. The van der Waals surface area contributed by atoms with Crippen molar-refractivity contribution in [1.82, 2.24) is 4.90 Å². The lowest BCUT2D eigenvalue weighted by Crippen LogP contribution is -2.64. The Balaban J connectivity index is 1.53. The Labute approximate surface area is 148 Å². The van der Waals surface area contributed by atoms with Gasteiger partial charge in [-0.3, -0.25) is 4.90 Å². The summed E-state index contributed by atoms with van der Waals surface area (Å²) in [6.07, 6.45) is 8.26. The Kier molecular flexibility index (Phi) is 2.74. The first-order valence-electron chi connectivity index (χ1n) is 9.72. The molecule has 132 valence electrons. The average Bonchev–Trinajstić information content (AvgIpc) is 3.37. The number of nitrogens with zero attached hydrogens (tertiary/aromatic N) is 1. The molecule has 0 radical (unpaired) electrons. The van der Waals surface area contributed by atoms with Crippen molar-refractivity contribution in [1.29, 1.82) is 0 Å². The minimum atomic E-state index is -0.0656. The van der Waals surface area contributed by atoms with Crippen LogP contribution < -0.4 is 4.74 Å². The van der Waals surface area contributed by atoms with E-state index in [0.717, 1.165) is 43.2 Å². The third kappa shape index (κ3) is 1.71. The smallest absolute Gasteiger partial charge is 0.166 e. The number of phenolic OH excluding ortho intramolecular Hbond substituents is 1. The summed E-state index contributed by atoms with van der Waals surface area (Å²) in [5, 5.41) is 10.4. The van der Waals surface area contributed by atoms with E-state index in [9.17, 15) is 5.11 Å². The van der Waals surface area contributed by atoms with E-state index in [1.807, 2.05) is 6.07 Å². The summed E-state index contributed by atoms with van der Waals surface area (Å²) in [5.41, 5.74) is 2.67. The van der Waals surface area contributed by atoms with Gasteiger partial charge >= 0.3 is 0 Å². The number of aromatic hydroxyl groups is 1. The third-order valence-electron chi connectivity index (χ3n) is 7.49. The fourth-order valence-electron chi connectivity index (χ4n) is 6.26. The number of benzene rings is 1. The lowest BCUT2D eigenvalue weighted by atomic mass is 9.53. The molecule has 4 heteroatoms. The van der Waals surface area contributed by atoms with Crippen LogP contribution in [0.1, 0.15) is 36.8 Å². The van der Waals surface area contributed by atoms with E-state index < -0.39 is 0 Å². The molecule has 6 rings (SSSR count). The van der Waals surface area contributed by atoms with Crippen molar-refractivity contribution in [3.63, 3.8) is 0 Å². The maximum absolute atomic E-state index is 10.4. The van der Waals surface area contributed by atoms with Crippen LogP contribution in [-0.4, -0.2) is 42.4 Å². The molecule has 4 atom stereocenters. The van der Waals surface area contributed by atoms with Crippen LogP contribution in [0.3, 0.4) is 0 Å². The number of rotatable bonds is 3. The second-order valence-electron chi connectivity index (χ2n) is 8.60. The molecule has 1 spiro atoms. The minimum absolute atomic E-state index is 0.00747. The number of piperidine rings is 1. The van der Waals surface area contributed by atoms with Crippen LogP contribution in [0.25, 0.3) is 0 Å². The lowest BCUT2D eigenvalue weighted by Gasteiger charge is -2.57. The second kappa shape index (κ2) is 4.73. The molecule has 1 aromatic carbocycles. The zero-order valence-electron chi connectivity index (χ0n) is 14.7. The summed E-state index contributed by atoms with van der Waals surface area (Å²) < 4.78 is 12.1. The van der Waals surface area contributed by atoms with Crippen molar-refractivity contribution < 1.29 is 14.6 Å². The van der Waals surface area contributed by atoms with Gasteiger partial charge in [-0.05, 0) is 68.2 Å². The maximum Gasteiger partial charge on any atom is 0.166 e. The fraction of sp³-hybridized carbons (Fsp3) is 0.619. The van der Waals surface area contributed by atoms with Crippen molar-refractivity contribution >= 4 is 0 Å². The van der Waals surface area contributed by atoms with Crippen molar-refractivity contribution in [3.8, 4) is 11.5 Å². The highest BCUT2D eigenvalue weighted by molar-refractivity contribution is 5.61. The van der Waals surface area contributed by atoms with Crippen molar-refractivity contribution in [2.24, 2.45) is 11.8 Å². The van der Waals surface area contributed by atoms with Crippen LogP contribution in [0.15, 0.2) is 24.0 Å². The number of allylic oxidation sites excluding steroid dienone is 1. The molecule has 1 N–H and O–H groups in total. The standard InChI is InChI=1S/C21H25NO3/c1-24-17-7-5-14-15-10-13-4-6-16(23)19-18(13)21(14,20(17)25-19)8-9-22(15)11-12-2-3-12/h4,6-7,12,14-15,20,23H,2-3,5,8-11H2,1H3/t14?,15-,20+,21+/m1/s1. The predicted octanol–water partition coefficient (Wildman–Crippen LogP) is 2.98. The molecule has 25 heavy (non-hydrogen) atoms. The van der Waals surface area contributed by atoms with E-state index >= 15 is 0 Å². The monoisotopic (exact) mass is 339 g/mol. The van der Waals surface area contributed by atoms with E-state index in [0.29, 0.717) is 12.0 Å². The molecule has 2 fully saturated rings. The molecule has 5 aliphatic rings. The first-order chi connectivity index (χ1) is 12.2. The highest BCUT2D eigenvalue weighted by Gasteiger charge is 2.64. The molecular weight excluding hydrogens is 314 g/mol. The van der Waals surface area contributed by atoms with Crippen LogP contribution in [-0.2, 0) is 16.6 Å². The van der Waals surface area contributed by atoms with E-state index in [1.54, 1.807) is 7.11 Å². The number of hydrogen-bond acceptors (Lipinski definition) is 4. The highest BCUT2D eigenvalue weighted by Crippen LogP contribution is 2.63. The van der Waals surface area contributed by atoms with Crippen molar-refractivity contribution in [3.05, 3.63) is 35.1 Å². The summed E-state index contributed by atoms with van der Waals surface area (Å²) >= 11 is 0. The molecule has 1 unspecified atom stereocenters. The maximum atomic E-state index is 10.4. The Morgan fingerprint density at radius 2 is 2.24 bits per heavy atom. The number of phenols is 1. The zero-order chi connectivity index (χ0) is 16.8. The summed E-state index contributed by atoms with van der Waals surface area (Å²) in [6.45, 7) is 2.41. The molecule has 3 aliphatic carbocycles. The van der Waals surface area contributed by atoms with Gasteiger partial charge in [-0.25, -0.2) is 0 Å². The molecule has 1 aromatic rings. The van der Waals surface area contributed by atoms with Gasteiger partial charge in [-0.1, -0.05) is 6.07 Å². The minimum Gasteiger partial charge on any atom is -0.504 e. The van der Waals surface area contributed by atoms with Gasteiger partial charge in [0.05, 0.1) is 7.11 Å². The molecule has 0 aromatic heterocycles. The third-order valence-corrected chi connectivity index (χ3v) is 7.49. The molecule has 2 bridgehead atoms. The highest BCUT2D eigenvalue weighted by atomic mass is 16.5. The van der Waals surface area contributed by atoms with Crippen LogP contribution >= 0.6 is 0 Å². The first-order valence-corrected chi connectivity index (χ1v) is 9.72. The molecule has 1 saturated carbocycles. The van der Waals surface area contributed by atoms with Crippen LogP contribution in [0.5, 0.6) is 11.5 Å². The summed E-state index contributed by atoms with van der Waals surface area (Å²) in [4.78, 5) is 2.77. The number of methoxy groups -OCH3 is 1. The van der Waals surface area contributed by atoms with Crippen LogP contribution in [0.4, 0.5) is 0 Å². The van der Waals surface area contributed by atoms with Crippen molar-refractivity contribution in [2.75, 3.05) is 20.2 Å². The Bertz CT molecular complexity index is 784. The normalized spacial score (nSPS) is 38.0. The molecule has 2 heterocycles. The average molecular weight is 339 g/mol. The summed E-state index contributed by atoms with van der Waals surface area (Å²) in [5.74, 6) is 3.46. The van der Waals surface area contributed by atoms with Gasteiger partial charge in [0.15, 0.2) is 17.6 Å². The largest absolute Gasteiger partial charge is 0.504 e. The Morgan fingerprint density at radius 1 is 1.36 bits per heavy atom. The number of likely N-dealkylation sites (tertiary alicyclic amines) is 1. The Hall–Kier alpha value is -1.68. The van der Waals surface area contributed by atoms with Gasteiger partial charge in [0, 0.05) is 23.6 Å². The number of ether oxygens (including phenoxy) is 2.